The lowest BCUT2D eigenvalue weighted by atomic mass is 9.98. The van der Waals surface area contributed by atoms with E-state index in [9.17, 15) is 0 Å². The maximum absolute atomic E-state index is 5.67. The Hall–Kier alpha value is -2.53. The summed E-state index contributed by atoms with van der Waals surface area (Å²) in [5.74, 6) is 1.83. The number of methoxy groups -OCH3 is 2. The number of aryl methyl sites for hydroxylation is 1. The van der Waals surface area contributed by atoms with Crippen molar-refractivity contribution in [3.8, 4) is 11.5 Å². The van der Waals surface area contributed by atoms with E-state index in [2.05, 4.69) is 48.0 Å². The third-order valence-corrected chi connectivity index (χ3v) is 4.88. The lowest BCUT2D eigenvalue weighted by molar-refractivity contribution is 0.389. The van der Waals surface area contributed by atoms with Crippen LogP contribution in [0, 0.1) is 0 Å². The molecule has 0 spiro atoms. The highest BCUT2D eigenvalue weighted by molar-refractivity contribution is 7.81. The van der Waals surface area contributed by atoms with Crippen LogP contribution < -0.4 is 14.8 Å². The zero-order valence-corrected chi connectivity index (χ0v) is 16.6. The van der Waals surface area contributed by atoms with Crippen LogP contribution >= 0.6 is 12.2 Å². The highest BCUT2D eigenvalue weighted by Gasteiger charge is 2.17. The summed E-state index contributed by atoms with van der Waals surface area (Å²) >= 11 is 5.67. The molecule has 0 saturated carbocycles. The van der Waals surface area contributed by atoms with Gasteiger partial charge in [-0.05, 0) is 41.8 Å². The highest BCUT2D eigenvalue weighted by Crippen LogP contribution is 2.34. The summed E-state index contributed by atoms with van der Waals surface area (Å²) < 4.78 is 13.1. The second kappa shape index (κ2) is 7.38. The third kappa shape index (κ3) is 3.40. The zero-order chi connectivity index (χ0) is 18.8. The van der Waals surface area contributed by atoms with Gasteiger partial charge in [-0.15, -0.1) is 0 Å². The van der Waals surface area contributed by atoms with Gasteiger partial charge in [-0.2, -0.15) is 0 Å². The fourth-order valence-electron chi connectivity index (χ4n) is 3.11. The number of hydrogen-bond donors (Lipinski definition) is 1. The fraction of sp³-hybridized carbons (Fsp3) is 0.286. The molecule has 0 aliphatic carbocycles. The molecule has 5 heteroatoms. The molecular weight excluding hydrogens is 344 g/mol. The van der Waals surface area contributed by atoms with Gasteiger partial charge in [0.15, 0.2) is 0 Å². The van der Waals surface area contributed by atoms with Crippen LogP contribution in [0.2, 0.25) is 0 Å². The third-order valence-electron chi connectivity index (χ3n) is 4.56. The minimum absolute atomic E-state index is 0.318. The van der Waals surface area contributed by atoms with Crippen LogP contribution in [-0.4, -0.2) is 23.8 Å². The van der Waals surface area contributed by atoms with Crippen LogP contribution in [0.5, 0.6) is 11.5 Å². The van der Waals surface area contributed by atoms with Crippen molar-refractivity contribution in [2.75, 3.05) is 19.5 Å². The molecular formula is C21H24N2O2S. The Labute approximate surface area is 159 Å². The van der Waals surface area contributed by atoms with Gasteiger partial charge in [0.05, 0.1) is 19.8 Å². The van der Waals surface area contributed by atoms with Crippen molar-refractivity contribution < 1.29 is 9.47 Å². The van der Waals surface area contributed by atoms with E-state index in [1.165, 1.54) is 10.9 Å². The lowest BCUT2D eigenvalue weighted by Gasteiger charge is -2.18. The average molecular weight is 369 g/mol. The summed E-state index contributed by atoms with van der Waals surface area (Å²) in [7, 11) is 5.35. The minimum atomic E-state index is 0.318. The number of rotatable bonds is 5. The molecule has 1 N–H and O–H groups in total. The van der Waals surface area contributed by atoms with E-state index in [-0.39, 0.29) is 0 Å². The van der Waals surface area contributed by atoms with Crippen molar-refractivity contribution in [1.82, 2.24) is 4.57 Å². The molecule has 3 aromatic rings. The van der Waals surface area contributed by atoms with Gasteiger partial charge in [0.25, 0.3) is 0 Å². The van der Waals surface area contributed by atoms with Crippen LogP contribution in [0.4, 0.5) is 5.69 Å². The minimum Gasteiger partial charge on any atom is -0.496 e. The first-order valence-corrected chi connectivity index (χ1v) is 8.97. The molecule has 0 radical (unpaired) electrons. The van der Waals surface area contributed by atoms with Gasteiger partial charge in [0, 0.05) is 35.9 Å². The van der Waals surface area contributed by atoms with Gasteiger partial charge in [-0.3, -0.25) is 0 Å². The quantitative estimate of drug-likeness (QED) is 0.635. The number of nitrogens with zero attached hydrogens (tertiary/aromatic N) is 1. The number of anilines is 1. The molecule has 0 atom stereocenters. The van der Waals surface area contributed by atoms with Crippen molar-refractivity contribution in [1.29, 1.82) is 0 Å². The molecule has 0 amide bonds. The summed E-state index contributed by atoms with van der Waals surface area (Å²) in [6.07, 6.45) is 2.05. The predicted octanol–water partition coefficient (Wildman–Crippen LogP) is 5.11. The maximum atomic E-state index is 5.67. The normalized spacial score (nSPS) is 11.0. The van der Waals surface area contributed by atoms with Crippen molar-refractivity contribution >= 4 is 33.8 Å². The Morgan fingerprint density at radius 1 is 1.04 bits per heavy atom. The smallest absolute Gasteiger partial charge is 0.132 e. The number of nitrogens with one attached hydrogen (secondary N) is 1. The van der Waals surface area contributed by atoms with Crippen molar-refractivity contribution in [2.24, 2.45) is 7.05 Å². The zero-order valence-electron chi connectivity index (χ0n) is 15.8. The fourth-order valence-corrected chi connectivity index (χ4v) is 3.39. The molecule has 0 aliphatic rings. The molecule has 1 aromatic heterocycles. The van der Waals surface area contributed by atoms with Crippen LogP contribution in [0.3, 0.4) is 0 Å². The molecule has 0 saturated heterocycles. The van der Waals surface area contributed by atoms with Gasteiger partial charge in [0.2, 0.25) is 0 Å². The van der Waals surface area contributed by atoms with Crippen LogP contribution in [0.15, 0.2) is 42.6 Å². The van der Waals surface area contributed by atoms with Gasteiger partial charge in [-0.1, -0.05) is 26.1 Å². The Balaban J connectivity index is 1.96. The predicted molar refractivity (Wildman–Crippen MR) is 112 cm³/mol. The highest BCUT2D eigenvalue weighted by atomic mass is 32.1. The van der Waals surface area contributed by atoms with E-state index in [4.69, 9.17) is 21.7 Å². The average Bonchev–Trinajstić information content (AvgIpc) is 3.00. The van der Waals surface area contributed by atoms with E-state index in [0.29, 0.717) is 16.7 Å². The van der Waals surface area contributed by atoms with E-state index in [1.54, 1.807) is 14.2 Å². The molecule has 2 aromatic carbocycles. The summed E-state index contributed by atoms with van der Waals surface area (Å²) in [6.45, 7) is 4.27. The number of aromatic nitrogens is 1. The molecule has 0 bridgehead atoms. The number of ether oxygens (including phenoxy) is 2. The summed E-state index contributed by atoms with van der Waals surface area (Å²) in [4.78, 5) is 0.627. The van der Waals surface area contributed by atoms with Crippen molar-refractivity contribution in [3.63, 3.8) is 0 Å². The molecule has 3 rings (SSSR count). The molecule has 1 heterocycles. The largest absolute Gasteiger partial charge is 0.496 e. The van der Waals surface area contributed by atoms with Gasteiger partial charge >= 0.3 is 0 Å². The number of hydrogen-bond acceptors (Lipinski definition) is 3. The lowest BCUT2D eigenvalue weighted by Crippen LogP contribution is -2.13. The summed E-state index contributed by atoms with van der Waals surface area (Å²) in [5, 5.41) is 4.51. The topological polar surface area (TPSA) is 35.4 Å². The molecule has 0 unspecified atom stereocenters. The second-order valence-electron chi connectivity index (χ2n) is 6.60. The molecule has 136 valence electrons. The molecule has 0 fully saturated rings. The number of thiocarbonyl (C=S) groups is 1. The number of benzene rings is 2. The van der Waals surface area contributed by atoms with E-state index in [0.717, 1.165) is 22.6 Å². The summed E-state index contributed by atoms with van der Waals surface area (Å²) in [5.41, 5.74) is 4.11. The van der Waals surface area contributed by atoms with Crippen molar-refractivity contribution in [3.05, 3.63) is 53.7 Å². The van der Waals surface area contributed by atoms with E-state index < -0.39 is 0 Å². The Bertz CT molecular complexity index is 960. The van der Waals surface area contributed by atoms with Gasteiger partial charge in [0.1, 0.15) is 16.5 Å². The molecule has 0 aliphatic heterocycles. The molecule has 26 heavy (non-hydrogen) atoms. The maximum Gasteiger partial charge on any atom is 0.132 e. The second-order valence-corrected chi connectivity index (χ2v) is 7.01. The van der Waals surface area contributed by atoms with Crippen LogP contribution in [0.1, 0.15) is 30.9 Å². The SMILES string of the molecule is COc1cc(OC)c(C(C)C)cc1C(=S)Nc1ccc2c(ccn2C)c1. The Kier molecular flexibility index (Phi) is 5.18. The van der Waals surface area contributed by atoms with E-state index in [1.807, 2.05) is 25.4 Å². The van der Waals surface area contributed by atoms with Gasteiger partial charge < -0.3 is 19.4 Å². The first-order chi connectivity index (χ1) is 12.4. The number of fused-ring (bicyclic) bond motifs is 1. The van der Waals surface area contributed by atoms with Crippen molar-refractivity contribution in [2.45, 2.75) is 19.8 Å². The van der Waals surface area contributed by atoms with Crippen LogP contribution in [-0.2, 0) is 7.05 Å². The Morgan fingerprint density at radius 2 is 1.77 bits per heavy atom. The van der Waals surface area contributed by atoms with Gasteiger partial charge in [-0.25, -0.2) is 0 Å². The summed E-state index contributed by atoms with van der Waals surface area (Å²) in [6, 6.07) is 12.3. The molecule has 4 nitrogen and oxygen atoms in total. The van der Waals surface area contributed by atoms with E-state index >= 15 is 0 Å². The first-order valence-electron chi connectivity index (χ1n) is 8.57. The monoisotopic (exact) mass is 368 g/mol. The van der Waals surface area contributed by atoms with Crippen LogP contribution in [0.25, 0.3) is 10.9 Å². The first kappa shape index (κ1) is 18.3. The standard InChI is InChI=1S/C21H24N2O2S/c1-13(2)16-11-17(20(25-5)12-19(16)24-4)21(26)22-15-6-7-18-14(10-15)8-9-23(18)3/h6-13H,1-5H3,(H,22,26). The Morgan fingerprint density at radius 3 is 2.42 bits per heavy atom.